The molecule has 0 aliphatic carbocycles. The number of para-hydroxylation sites is 1. The highest BCUT2D eigenvalue weighted by Crippen LogP contribution is 2.21. The topological polar surface area (TPSA) is 436 Å². The zero-order valence-corrected chi connectivity index (χ0v) is 48.8. The molecule has 28 heteroatoms. The molecule has 1 heterocycles. The monoisotopic (exact) mass is 1230 g/mol. The summed E-state index contributed by atoms with van der Waals surface area (Å²) in [5.74, 6) is -10.9. The number of aromatic hydroxyl groups is 3. The normalized spacial score (nSPS) is 14.3. The van der Waals surface area contributed by atoms with Crippen LogP contribution in [0.5, 0.6) is 17.2 Å². The number of phenolic OH excluding ortho intramolecular Hbond substituents is 3. The van der Waals surface area contributed by atoms with Crippen LogP contribution in [0.3, 0.4) is 0 Å². The number of nitrogens with one attached hydrogen (secondary N) is 9. The smallest absolute Gasteiger partial charge is 0.326 e. The molecule has 0 spiro atoms. The first-order valence-corrected chi connectivity index (χ1v) is 28.6. The van der Waals surface area contributed by atoms with Crippen LogP contribution in [-0.4, -0.2) is 162 Å². The number of carboxylic acids is 1. The van der Waals surface area contributed by atoms with Crippen LogP contribution in [-0.2, 0) is 73.6 Å². The number of rotatable bonds is 33. The number of H-pyrrole nitrogens is 1. The van der Waals surface area contributed by atoms with Crippen LogP contribution in [0, 0.1) is 5.92 Å². The number of hydrogen-bond acceptors (Lipinski definition) is 17. The number of carbonyl (C=O) groups is 10. The van der Waals surface area contributed by atoms with E-state index in [4.69, 9.17) is 11.5 Å². The first-order chi connectivity index (χ1) is 40.9. The Morgan fingerprint density at radius 1 is 0.488 bits per heavy atom. The van der Waals surface area contributed by atoms with Gasteiger partial charge in [0.25, 0.3) is 0 Å². The average molecular weight is 1230 g/mol. The van der Waals surface area contributed by atoms with Crippen molar-refractivity contribution in [1.29, 1.82) is 0 Å². The molecule has 0 aliphatic rings. The van der Waals surface area contributed by atoms with Crippen LogP contribution in [0.15, 0.2) is 103 Å². The number of aromatic amines is 1. The maximum atomic E-state index is 14.4. The van der Waals surface area contributed by atoms with E-state index in [-0.39, 0.29) is 66.8 Å². The molecule has 0 aliphatic heterocycles. The van der Waals surface area contributed by atoms with Crippen molar-refractivity contribution in [2.75, 3.05) is 18.1 Å². The van der Waals surface area contributed by atoms with Crippen molar-refractivity contribution in [2.45, 2.75) is 113 Å². The fourth-order valence-electron chi connectivity index (χ4n) is 8.88. The lowest BCUT2D eigenvalue weighted by Crippen LogP contribution is -2.61. The SMILES string of the molecule is CC(C)CC(NC(=O)C(Cc1ccc(O)cc1)NC(=O)C(CCC(N)=O)NC(=O)C(CO)NC(=O)C(Cc1c[nH]c2ccccc12)NC(=O)C(CS)NC(=O)C(N)Cc1ccc(O)cc1)C(=O)NC(CS)C(=O)NC(Cc1ccc(O)cc1)C(=O)O. The van der Waals surface area contributed by atoms with E-state index in [1.807, 2.05) is 0 Å². The Labute approximate surface area is 505 Å². The van der Waals surface area contributed by atoms with Crippen molar-refractivity contribution in [3.05, 3.63) is 126 Å². The van der Waals surface area contributed by atoms with E-state index in [1.165, 1.54) is 60.7 Å². The second kappa shape index (κ2) is 33.0. The number of aliphatic hydroxyl groups excluding tert-OH is 1. The lowest BCUT2D eigenvalue weighted by Gasteiger charge is -2.28. The number of thiol groups is 2. The maximum Gasteiger partial charge on any atom is 0.326 e. The molecule has 0 saturated heterocycles. The van der Waals surface area contributed by atoms with Gasteiger partial charge in [0.05, 0.1) is 12.6 Å². The maximum absolute atomic E-state index is 14.4. The summed E-state index contributed by atoms with van der Waals surface area (Å²) in [6.07, 6.45) is -0.0571. The van der Waals surface area contributed by atoms with E-state index in [1.54, 1.807) is 56.4 Å². The molecule has 86 heavy (non-hydrogen) atoms. The van der Waals surface area contributed by atoms with Gasteiger partial charge < -0.3 is 84.5 Å². The summed E-state index contributed by atoms with van der Waals surface area (Å²) >= 11 is 8.47. The highest BCUT2D eigenvalue weighted by molar-refractivity contribution is 7.80. The first-order valence-electron chi connectivity index (χ1n) is 27.3. The standard InChI is InChI=1S/C58H73N11O15S2/c1-30(2)21-42(52(77)69-48(29-86)57(82)66-45(58(83)84)24-33-11-17-37(73)18-12-33)63-53(78)43(23-32-9-15-36(72)16-10-32)64-51(76)41(19-20-49(60)74)62-55(80)46(27-70)67-54(79)44(25-34-26-61-40-6-4-3-5-38(34)40)65-56(81)47(28-85)68-50(75)39(59)22-31-7-13-35(71)14-8-31/h3-18,26,30,39,41-48,61,70-73,85-86H,19-25,27-29,59H2,1-2H3,(H2,60,74)(H,62,80)(H,63,78)(H,64,76)(H,65,81)(H,66,82)(H,67,79)(H,68,75)(H,69,77)(H,83,84). The van der Waals surface area contributed by atoms with E-state index >= 15 is 0 Å². The molecule has 18 N–H and O–H groups in total. The fraction of sp³-hybridized carbons (Fsp3) is 0.379. The predicted molar refractivity (Wildman–Crippen MR) is 321 cm³/mol. The predicted octanol–water partition coefficient (Wildman–Crippen LogP) is -0.991. The van der Waals surface area contributed by atoms with Crippen LogP contribution in [0.4, 0.5) is 0 Å². The number of primary amides is 1. The lowest BCUT2D eigenvalue weighted by molar-refractivity contribution is -0.142. The van der Waals surface area contributed by atoms with Crippen LogP contribution in [0.1, 0.15) is 55.4 Å². The molecule has 0 radical (unpaired) electrons. The molecule has 0 bridgehead atoms. The third kappa shape index (κ3) is 21.0. The summed E-state index contributed by atoms with van der Waals surface area (Å²) in [6.45, 7) is 2.40. The van der Waals surface area contributed by atoms with Crippen molar-refractivity contribution in [2.24, 2.45) is 17.4 Å². The number of aliphatic hydroxyl groups is 1. The number of aromatic nitrogens is 1. The van der Waals surface area contributed by atoms with E-state index in [0.29, 0.717) is 33.2 Å². The Bertz CT molecular complexity index is 3170. The second-order valence-electron chi connectivity index (χ2n) is 20.8. The Morgan fingerprint density at radius 3 is 1.36 bits per heavy atom. The van der Waals surface area contributed by atoms with E-state index in [0.717, 1.165) is 0 Å². The van der Waals surface area contributed by atoms with Crippen molar-refractivity contribution in [3.63, 3.8) is 0 Å². The number of amides is 9. The number of carbonyl (C=O) groups excluding carboxylic acids is 9. The van der Waals surface area contributed by atoms with Gasteiger partial charge in [-0.2, -0.15) is 25.3 Å². The molecular formula is C58H73N11O15S2. The minimum atomic E-state index is -1.84. The molecule has 4 aromatic carbocycles. The summed E-state index contributed by atoms with van der Waals surface area (Å²) in [5.41, 5.74) is 14.3. The molecule has 0 fully saturated rings. The quantitative estimate of drug-likeness (QED) is 0.0224. The number of phenols is 3. The highest BCUT2D eigenvalue weighted by Gasteiger charge is 2.36. The average Bonchev–Trinajstić information content (AvgIpc) is 2.29. The molecule has 462 valence electrons. The van der Waals surface area contributed by atoms with Crippen LogP contribution < -0.4 is 54.0 Å². The number of fused-ring (bicyclic) bond motifs is 1. The summed E-state index contributed by atoms with van der Waals surface area (Å²) in [7, 11) is 0. The molecular weight excluding hydrogens is 1150 g/mol. The molecule has 9 amide bonds. The second-order valence-corrected chi connectivity index (χ2v) is 21.5. The van der Waals surface area contributed by atoms with Crippen molar-refractivity contribution in [3.8, 4) is 17.2 Å². The van der Waals surface area contributed by atoms with Gasteiger partial charge in [0, 0.05) is 54.3 Å². The van der Waals surface area contributed by atoms with E-state index in [9.17, 15) is 73.5 Å². The van der Waals surface area contributed by atoms with Gasteiger partial charge >= 0.3 is 5.97 Å². The van der Waals surface area contributed by atoms with Crippen molar-refractivity contribution < 1.29 is 73.5 Å². The Hall–Kier alpha value is -8.86. The summed E-state index contributed by atoms with van der Waals surface area (Å²) in [4.78, 5) is 139. The largest absolute Gasteiger partial charge is 0.508 e. The van der Waals surface area contributed by atoms with Gasteiger partial charge in [0.15, 0.2) is 0 Å². The number of hydrogen-bond donors (Lipinski definition) is 18. The van der Waals surface area contributed by atoms with Gasteiger partial charge in [0.2, 0.25) is 53.2 Å². The van der Waals surface area contributed by atoms with Crippen LogP contribution in [0.2, 0.25) is 0 Å². The number of aliphatic carboxylic acids is 1. The third-order valence-corrected chi connectivity index (χ3v) is 14.3. The first kappa shape index (κ1) is 67.9. The highest BCUT2D eigenvalue weighted by atomic mass is 32.1. The fourth-order valence-corrected chi connectivity index (χ4v) is 9.39. The molecule has 1 aromatic heterocycles. The molecule has 5 aromatic rings. The molecule has 26 nitrogen and oxygen atoms in total. The number of nitrogens with two attached hydrogens (primary N) is 2. The third-order valence-electron chi connectivity index (χ3n) is 13.6. The zero-order valence-electron chi connectivity index (χ0n) is 47.0. The van der Waals surface area contributed by atoms with Gasteiger partial charge in [-0.3, -0.25) is 43.2 Å². The van der Waals surface area contributed by atoms with Crippen LogP contribution >= 0.6 is 25.3 Å². The number of carboxylic acid groups (broad SMARTS) is 1. The van der Waals surface area contributed by atoms with Gasteiger partial charge in [0.1, 0.15) is 65.6 Å². The Balaban J connectivity index is 1.34. The van der Waals surface area contributed by atoms with Gasteiger partial charge in [-0.25, -0.2) is 4.79 Å². The lowest BCUT2D eigenvalue weighted by atomic mass is 10.00. The summed E-state index contributed by atoms with van der Waals surface area (Å²) in [5, 5.41) is 70.5. The Morgan fingerprint density at radius 2 is 0.872 bits per heavy atom. The van der Waals surface area contributed by atoms with Gasteiger partial charge in [-0.05, 0) is 89.9 Å². The van der Waals surface area contributed by atoms with Gasteiger partial charge in [-0.15, -0.1) is 0 Å². The molecule has 9 atom stereocenters. The van der Waals surface area contributed by atoms with Crippen LogP contribution in [0.25, 0.3) is 10.9 Å². The summed E-state index contributed by atoms with van der Waals surface area (Å²) < 4.78 is 0. The number of benzene rings is 4. The van der Waals surface area contributed by atoms with Gasteiger partial charge in [-0.1, -0.05) is 68.4 Å². The zero-order chi connectivity index (χ0) is 63.2. The molecule has 5 rings (SSSR count). The van der Waals surface area contributed by atoms with E-state index in [2.05, 4.69) is 72.8 Å². The van der Waals surface area contributed by atoms with E-state index < -0.39 is 133 Å². The summed E-state index contributed by atoms with van der Waals surface area (Å²) in [6, 6.07) is 10.8. The minimum absolute atomic E-state index is 0.00606. The molecule has 0 saturated carbocycles. The molecule has 9 unspecified atom stereocenters. The Kier molecular flexibility index (Phi) is 26.1. The van der Waals surface area contributed by atoms with Crippen molar-refractivity contribution >= 4 is 95.3 Å². The minimum Gasteiger partial charge on any atom is -0.508 e. The van der Waals surface area contributed by atoms with Crippen molar-refractivity contribution in [1.82, 2.24) is 47.5 Å².